The molecule has 0 aliphatic heterocycles. The fourth-order valence-electron chi connectivity index (χ4n) is 4.75. The van der Waals surface area contributed by atoms with Crippen molar-refractivity contribution in [3.8, 4) is 0 Å². The average Bonchev–Trinajstić information content (AvgIpc) is 2.84. The van der Waals surface area contributed by atoms with E-state index in [1.165, 1.54) is 28.9 Å². The molecule has 0 spiro atoms. The lowest BCUT2D eigenvalue weighted by Crippen LogP contribution is -2.66. The summed E-state index contributed by atoms with van der Waals surface area (Å²) in [5.74, 6) is 0. The first kappa shape index (κ1) is 25.3. The van der Waals surface area contributed by atoms with Gasteiger partial charge in [-0.15, -0.1) is 0 Å². The van der Waals surface area contributed by atoms with Crippen molar-refractivity contribution in [3.63, 3.8) is 0 Å². The first-order valence-electron chi connectivity index (χ1n) is 12.5. The molecule has 0 aromatic heterocycles. The van der Waals surface area contributed by atoms with Crippen LogP contribution in [-0.4, -0.2) is 28.0 Å². The molecule has 0 heterocycles. The summed E-state index contributed by atoms with van der Waals surface area (Å²) in [7, 11) is -2.43. The van der Waals surface area contributed by atoms with Crippen LogP contribution in [0.3, 0.4) is 0 Å². The number of unbranched alkanes of at least 4 members (excludes halogenated alkanes) is 2. The molecule has 0 unspecified atom stereocenters. The van der Waals surface area contributed by atoms with Gasteiger partial charge in [-0.1, -0.05) is 113 Å². The lowest BCUT2D eigenvalue weighted by Gasteiger charge is -2.43. The van der Waals surface area contributed by atoms with Gasteiger partial charge in [0.25, 0.3) is 8.32 Å². The number of para-hydroxylation sites is 1. The van der Waals surface area contributed by atoms with Crippen LogP contribution in [0.2, 0.25) is 5.04 Å². The highest BCUT2D eigenvalue weighted by molar-refractivity contribution is 6.99. The van der Waals surface area contributed by atoms with Crippen LogP contribution < -0.4 is 15.3 Å². The molecule has 0 amide bonds. The second kappa shape index (κ2) is 12.2. The van der Waals surface area contributed by atoms with Crippen molar-refractivity contribution in [1.29, 1.82) is 0 Å². The van der Waals surface area contributed by atoms with Crippen molar-refractivity contribution in [2.75, 3.05) is 24.6 Å². The van der Waals surface area contributed by atoms with Crippen molar-refractivity contribution < 1.29 is 4.43 Å². The van der Waals surface area contributed by atoms with Crippen LogP contribution >= 0.6 is 0 Å². The predicted molar refractivity (Wildman–Crippen MR) is 146 cm³/mol. The Bertz CT molecular complexity index is 882. The summed E-state index contributed by atoms with van der Waals surface area (Å²) in [6.45, 7) is 12.3. The highest BCUT2D eigenvalue weighted by Crippen LogP contribution is 2.36. The minimum absolute atomic E-state index is 0.0346. The molecule has 0 aliphatic carbocycles. The zero-order valence-corrected chi connectivity index (χ0v) is 22.0. The Balaban J connectivity index is 1.73. The maximum Gasteiger partial charge on any atom is 0.261 e. The van der Waals surface area contributed by atoms with Gasteiger partial charge in [0.2, 0.25) is 0 Å². The van der Waals surface area contributed by atoms with Crippen LogP contribution in [0.4, 0.5) is 5.69 Å². The monoisotopic (exact) mass is 459 g/mol. The lowest BCUT2D eigenvalue weighted by molar-refractivity contribution is 0.288. The van der Waals surface area contributed by atoms with E-state index in [1.807, 2.05) is 0 Å². The largest absolute Gasteiger partial charge is 0.407 e. The van der Waals surface area contributed by atoms with E-state index in [0.29, 0.717) is 0 Å². The fourth-order valence-corrected chi connectivity index (χ4v) is 9.36. The van der Waals surface area contributed by atoms with Crippen LogP contribution in [-0.2, 0) is 4.43 Å². The van der Waals surface area contributed by atoms with Gasteiger partial charge in [0.05, 0.1) is 0 Å². The van der Waals surface area contributed by atoms with Crippen LogP contribution in [0.5, 0.6) is 0 Å². The van der Waals surface area contributed by atoms with E-state index in [2.05, 4.69) is 124 Å². The maximum absolute atomic E-state index is 7.06. The van der Waals surface area contributed by atoms with Gasteiger partial charge in [0, 0.05) is 25.4 Å². The molecule has 0 saturated carbocycles. The Morgan fingerprint density at radius 3 is 1.64 bits per heavy atom. The van der Waals surface area contributed by atoms with Crippen molar-refractivity contribution in [2.45, 2.75) is 58.4 Å². The van der Waals surface area contributed by atoms with Gasteiger partial charge in [0.15, 0.2) is 0 Å². The second-order valence-electron chi connectivity index (χ2n) is 9.89. The Morgan fingerprint density at radius 2 is 1.15 bits per heavy atom. The molecule has 2 nitrogen and oxygen atoms in total. The third-order valence-corrected chi connectivity index (χ3v) is 11.5. The third kappa shape index (κ3) is 6.36. The van der Waals surface area contributed by atoms with E-state index in [9.17, 15) is 0 Å². The van der Waals surface area contributed by atoms with Gasteiger partial charge in [-0.05, 0) is 46.8 Å². The topological polar surface area (TPSA) is 12.5 Å². The zero-order valence-electron chi connectivity index (χ0n) is 21.0. The Hall–Kier alpha value is -2.36. The van der Waals surface area contributed by atoms with Gasteiger partial charge >= 0.3 is 0 Å². The minimum atomic E-state index is -2.43. The van der Waals surface area contributed by atoms with Crippen molar-refractivity contribution >= 4 is 24.4 Å². The molecule has 3 aromatic rings. The summed E-state index contributed by atoms with van der Waals surface area (Å²) >= 11 is 0. The first-order valence-corrected chi connectivity index (χ1v) is 14.4. The molecule has 3 aromatic carbocycles. The van der Waals surface area contributed by atoms with Gasteiger partial charge in [-0.2, -0.15) is 0 Å². The second-order valence-corrected chi connectivity index (χ2v) is 14.2. The standard InChI is InChI=1S/C30H41NOSi/c1-5-6-24-31(27-18-10-7-11-19-27)25-16-17-26-32-33(30(2,3)4,28-20-12-8-13-21-28)29-22-14-9-15-23-29/h7-15,18-23H,5-6,16-17,24-26H2,1-4H3. The summed E-state index contributed by atoms with van der Waals surface area (Å²) in [6.07, 6.45) is 4.66. The molecule has 0 fully saturated rings. The van der Waals surface area contributed by atoms with E-state index >= 15 is 0 Å². The molecule has 176 valence electrons. The minimum Gasteiger partial charge on any atom is -0.407 e. The SMILES string of the molecule is CCCCN(CCCCO[Si](c1ccccc1)(c1ccccc1)C(C)(C)C)c1ccccc1. The first-order chi connectivity index (χ1) is 16.0. The van der Waals surface area contributed by atoms with Crippen LogP contribution in [0.15, 0.2) is 91.0 Å². The van der Waals surface area contributed by atoms with E-state index in [4.69, 9.17) is 4.43 Å². The normalized spacial score (nSPS) is 12.0. The fraction of sp³-hybridized carbons (Fsp3) is 0.400. The molecule has 3 rings (SSSR count). The summed E-state index contributed by atoms with van der Waals surface area (Å²) in [5.41, 5.74) is 1.33. The van der Waals surface area contributed by atoms with Crippen molar-refractivity contribution in [1.82, 2.24) is 0 Å². The lowest BCUT2D eigenvalue weighted by atomic mass is 10.2. The summed E-state index contributed by atoms with van der Waals surface area (Å²) in [4.78, 5) is 2.53. The number of anilines is 1. The molecule has 0 N–H and O–H groups in total. The van der Waals surface area contributed by atoms with Crippen LogP contribution in [0.25, 0.3) is 0 Å². The quantitative estimate of drug-likeness (QED) is 0.222. The van der Waals surface area contributed by atoms with Gasteiger partial charge in [-0.3, -0.25) is 0 Å². The summed E-state index contributed by atoms with van der Waals surface area (Å²) in [5, 5.41) is 2.75. The van der Waals surface area contributed by atoms with Gasteiger partial charge in [-0.25, -0.2) is 0 Å². The molecule has 0 radical (unpaired) electrons. The smallest absolute Gasteiger partial charge is 0.261 e. The molecule has 0 aliphatic rings. The van der Waals surface area contributed by atoms with E-state index in [-0.39, 0.29) is 5.04 Å². The van der Waals surface area contributed by atoms with E-state index < -0.39 is 8.32 Å². The number of benzene rings is 3. The third-order valence-electron chi connectivity index (χ3n) is 6.46. The zero-order chi connectivity index (χ0) is 23.6. The number of hydrogen-bond donors (Lipinski definition) is 0. The van der Waals surface area contributed by atoms with Crippen molar-refractivity contribution in [3.05, 3.63) is 91.0 Å². The summed E-state index contributed by atoms with van der Waals surface area (Å²) in [6, 6.07) is 32.7. The Labute approximate surface area is 202 Å². The van der Waals surface area contributed by atoms with Gasteiger partial charge < -0.3 is 9.33 Å². The number of rotatable bonds is 12. The molecule has 33 heavy (non-hydrogen) atoms. The molecular formula is C30H41NOSi. The molecule has 3 heteroatoms. The van der Waals surface area contributed by atoms with Crippen LogP contribution in [0.1, 0.15) is 53.4 Å². The Morgan fingerprint density at radius 1 is 0.667 bits per heavy atom. The average molecular weight is 460 g/mol. The summed E-state index contributed by atoms with van der Waals surface area (Å²) < 4.78 is 7.06. The highest BCUT2D eigenvalue weighted by atomic mass is 28.4. The Kier molecular flexibility index (Phi) is 9.34. The van der Waals surface area contributed by atoms with Crippen LogP contribution in [0, 0.1) is 0 Å². The molecule has 0 atom stereocenters. The van der Waals surface area contributed by atoms with E-state index in [1.54, 1.807) is 0 Å². The molecular weight excluding hydrogens is 418 g/mol. The molecule has 0 saturated heterocycles. The van der Waals surface area contributed by atoms with Gasteiger partial charge in [0.1, 0.15) is 0 Å². The highest BCUT2D eigenvalue weighted by Gasteiger charge is 2.49. The predicted octanol–water partition coefficient (Wildman–Crippen LogP) is 6.65. The number of nitrogens with zero attached hydrogens (tertiary/aromatic N) is 1. The maximum atomic E-state index is 7.06. The number of hydrogen-bond acceptors (Lipinski definition) is 2. The van der Waals surface area contributed by atoms with E-state index in [0.717, 1.165) is 32.5 Å². The van der Waals surface area contributed by atoms with Crippen molar-refractivity contribution in [2.24, 2.45) is 0 Å². The molecule has 0 bridgehead atoms.